The molecule has 0 radical (unpaired) electrons. The molecule has 2 amide bonds. The normalized spacial score (nSPS) is 9.91. The minimum absolute atomic E-state index is 0.0150. The van der Waals surface area contributed by atoms with E-state index in [0.29, 0.717) is 12.5 Å². The Morgan fingerprint density at radius 1 is 1.55 bits per heavy atom. The van der Waals surface area contributed by atoms with Crippen LogP contribution in [0.25, 0.3) is 0 Å². The number of nitrogens with zero attached hydrogens (tertiary/aromatic N) is 1. The highest BCUT2D eigenvalue weighted by Crippen LogP contribution is 1.95. The monoisotopic (exact) mass is 158 g/mol. The van der Waals surface area contributed by atoms with Crippen molar-refractivity contribution in [1.82, 2.24) is 10.2 Å². The van der Waals surface area contributed by atoms with Gasteiger partial charge in [-0.1, -0.05) is 13.8 Å². The van der Waals surface area contributed by atoms with Crippen LogP contribution in [-0.2, 0) is 0 Å². The standard InChI is InChI=1S/C8H18N2O/c1-5-9-8(11)10(4)6-7(2)3/h7H,5-6H2,1-4H3,(H,9,11). The van der Waals surface area contributed by atoms with E-state index in [0.717, 1.165) is 6.54 Å². The van der Waals surface area contributed by atoms with E-state index >= 15 is 0 Å². The van der Waals surface area contributed by atoms with Gasteiger partial charge in [0.15, 0.2) is 0 Å². The number of hydrogen-bond donors (Lipinski definition) is 1. The van der Waals surface area contributed by atoms with Gasteiger partial charge in [-0.2, -0.15) is 0 Å². The van der Waals surface area contributed by atoms with Gasteiger partial charge in [0, 0.05) is 20.1 Å². The molecule has 1 N–H and O–H groups in total. The van der Waals surface area contributed by atoms with Crippen LogP contribution in [0.5, 0.6) is 0 Å². The maximum Gasteiger partial charge on any atom is 0.317 e. The maximum absolute atomic E-state index is 11.1. The quantitative estimate of drug-likeness (QED) is 0.659. The molecule has 0 aliphatic carbocycles. The molecule has 0 atom stereocenters. The van der Waals surface area contributed by atoms with Gasteiger partial charge in [-0.25, -0.2) is 4.79 Å². The second kappa shape index (κ2) is 4.99. The van der Waals surface area contributed by atoms with Crippen molar-refractivity contribution in [2.24, 2.45) is 5.92 Å². The highest BCUT2D eigenvalue weighted by molar-refractivity contribution is 5.73. The fourth-order valence-corrected chi connectivity index (χ4v) is 0.917. The molecule has 0 heterocycles. The van der Waals surface area contributed by atoms with Crippen molar-refractivity contribution < 1.29 is 4.79 Å². The molecule has 0 aliphatic heterocycles. The lowest BCUT2D eigenvalue weighted by atomic mass is 10.2. The summed E-state index contributed by atoms with van der Waals surface area (Å²) in [6, 6.07) is 0.0150. The van der Waals surface area contributed by atoms with Crippen LogP contribution in [0.3, 0.4) is 0 Å². The van der Waals surface area contributed by atoms with Crippen molar-refractivity contribution in [2.75, 3.05) is 20.1 Å². The Balaban J connectivity index is 3.64. The van der Waals surface area contributed by atoms with E-state index in [1.165, 1.54) is 0 Å². The highest BCUT2D eigenvalue weighted by Gasteiger charge is 2.07. The predicted octanol–water partition coefficient (Wildman–Crippen LogP) is 1.30. The van der Waals surface area contributed by atoms with Crippen molar-refractivity contribution in [1.29, 1.82) is 0 Å². The largest absolute Gasteiger partial charge is 0.338 e. The van der Waals surface area contributed by atoms with E-state index in [1.54, 1.807) is 4.90 Å². The third-order valence-electron chi connectivity index (χ3n) is 1.31. The van der Waals surface area contributed by atoms with Crippen LogP contribution in [0.4, 0.5) is 4.79 Å². The lowest BCUT2D eigenvalue weighted by molar-refractivity contribution is 0.204. The summed E-state index contributed by atoms with van der Waals surface area (Å²) in [6.07, 6.45) is 0. The SMILES string of the molecule is CCNC(=O)N(C)CC(C)C. The van der Waals surface area contributed by atoms with Crippen LogP contribution in [0.15, 0.2) is 0 Å². The van der Waals surface area contributed by atoms with Crippen LogP contribution < -0.4 is 5.32 Å². The van der Waals surface area contributed by atoms with E-state index < -0.39 is 0 Å². The third kappa shape index (κ3) is 4.65. The van der Waals surface area contributed by atoms with E-state index in [2.05, 4.69) is 19.2 Å². The first-order chi connectivity index (χ1) is 5.07. The first-order valence-corrected chi connectivity index (χ1v) is 4.06. The third-order valence-corrected chi connectivity index (χ3v) is 1.31. The molecule has 11 heavy (non-hydrogen) atoms. The van der Waals surface area contributed by atoms with Gasteiger partial charge in [-0.05, 0) is 12.8 Å². The molecule has 0 rings (SSSR count). The summed E-state index contributed by atoms with van der Waals surface area (Å²) in [5.74, 6) is 0.530. The number of urea groups is 1. The molecule has 3 heteroatoms. The van der Waals surface area contributed by atoms with Gasteiger partial charge >= 0.3 is 6.03 Å². The van der Waals surface area contributed by atoms with E-state index in [-0.39, 0.29) is 6.03 Å². The predicted molar refractivity (Wildman–Crippen MR) is 46.5 cm³/mol. The summed E-state index contributed by atoms with van der Waals surface area (Å²) in [7, 11) is 1.81. The molecule has 66 valence electrons. The van der Waals surface area contributed by atoms with Crippen LogP contribution in [0, 0.1) is 5.92 Å². The van der Waals surface area contributed by atoms with Gasteiger partial charge in [-0.15, -0.1) is 0 Å². The van der Waals surface area contributed by atoms with Gasteiger partial charge < -0.3 is 10.2 Å². The van der Waals surface area contributed by atoms with Crippen LogP contribution in [-0.4, -0.2) is 31.1 Å². The summed E-state index contributed by atoms with van der Waals surface area (Å²) >= 11 is 0. The van der Waals surface area contributed by atoms with Crippen LogP contribution >= 0.6 is 0 Å². The number of carbonyl (C=O) groups is 1. The highest BCUT2D eigenvalue weighted by atomic mass is 16.2. The molecule has 0 aromatic heterocycles. The van der Waals surface area contributed by atoms with Crippen molar-refractivity contribution in [3.05, 3.63) is 0 Å². The Bertz CT molecular complexity index is 123. The molecule has 0 fully saturated rings. The van der Waals surface area contributed by atoms with Gasteiger partial charge in [0.25, 0.3) is 0 Å². The van der Waals surface area contributed by atoms with Crippen LogP contribution in [0.2, 0.25) is 0 Å². The first-order valence-electron chi connectivity index (χ1n) is 4.06. The lowest BCUT2D eigenvalue weighted by Crippen LogP contribution is -2.38. The van der Waals surface area contributed by atoms with Gasteiger partial charge in [-0.3, -0.25) is 0 Å². The molecule has 0 aliphatic rings. The van der Waals surface area contributed by atoms with Gasteiger partial charge in [0.1, 0.15) is 0 Å². The number of carbonyl (C=O) groups excluding carboxylic acids is 1. The smallest absolute Gasteiger partial charge is 0.317 e. The maximum atomic E-state index is 11.1. The summed E-state index contributed by atoms with van der Waals surface area (Å²) in [5, 5.41) is 2.74. The lowest BCUT2D eigenvalue weighted by Gasteiger charge is -2.19. The molecule has 0 aromatic rings. The minimum atomic E-state index is 0.0150. The Labute approximate surface area is 68.8 Å². The zero-order valence-corrected chi connectivity index (χ0v) is 7.85. The van der Waals surface area contributed by atoms with E-state index in [4.69, 9.17) is 0 Å². The van der Waals surface area contributed by atoms with Crippen molar-refractivity contribution in [2.45, 2.75) is 20.8 Å². The van der Waals surface area contributed by atoms with Gasteiger partial charge in [0.05, 0.1) is 0 Å². The Hall–Kier alpha value is -0.730. The fourth-order valence-electron chi connectivity index (χ4n) is 0.917. The fraction of sp³-hybridized carbons (Fsp3) is 0.875. The van der Waals surface area contributed by atoms with Gasteiger partial charge in [0.2, 0.25) is 0 Å². The Morgan fingerprint density at radius 3 is 2.45 bits per heavy atom. The molecule has 0 aromatic carbocycles. The number of hydrogen-bond acceptors (Lipinski definition) is 1. The molecule has 0 saturated heterocycles. The van der Waals surface area contributed by atoms with Crippen molar-refractivity contribution in [3.8, 4) is 0 Å². The summed E-state index contributed by atoms with van der Waals surface area (Å²) < 4.78 is 0. The minimum Gasteiger partial charge on any atom is -0.338 e. The van der Waals surface area contributed by atoms with E-state index in [1.807, 2.05) is 14.0 Å². The Morgan fingerprint density at radius 2 is 2.09 bits per heavy atom. The molecule has 0 bridgehead atoms. The Kier molecular flexibility index (Phi) is 4.66. The van der Waals surface area contributed by atoms with Crippen molar-refractivity contribution >= 4 is 6.03 Å². The van der Waals surface area contributed by atoms with E-state index in [9.17, 15) is 4.79 Å². The summed E-state index contributed by atoms with van der Waals surface area (Å²) in [5.41, 5.74) is 0. The average Bonchev–Trinajstić information content (AvgIpc) is 1.86. The molecule has 0 spiro atoms. The summed E-state index contributed by atoms with van der Waals surface area (Å²) in [6.45, 7) is 7.61. The number of nitrogens with one attached hydrogen (secondary N) is 1. The molecular formula is C8H18N2O. The second-order valence-electron chi connectivity index (χ2n) is 3.11. The second-order valence-corrected chi connectivity index (χ2v) is 3.11. The number of amides is 2. The van der Waals surface area contributed by atoms with Crippen molar-refractivity contribution in [3.63, 3.8) is 0 Å². The summed E-state index contributed by atoms with van der Waals surface area (Å²) in [4.78, 5) is 12.8. The first kappa shape index (κ1) is 10.3. The number of rotatable bonds is 3. The molecule has 3 nitrogen and oxygen atoms in total. The average molecular weight is 158 g/mol. The topological polar surface area (TPSA) is 32.3 Å². The zero-order valence-electron chi connectivity index (χ0n) is 7.85. The molecular weight excluding hydrogens is 140 g/mol. The van der Waals surface area contributed by atoms with Crippen LogP contribution in [0.1, 0.15) is 20.8 Å². The zero-order chi connectivity index (χ0) is 8.85. The molecule has 0 unspecified atom stereocenters. The molecule has 0 saturated carbocycles.